The van der Waals surface area contributed by atoms with Crippen LogP contribution in [-0.2, 0) is 12.5 Å². The van der Waals surface area contributed by atoms with E-state index in [1.54, 1.807) is 0 Å². The van der Waals surface area contributed by atoms with E-state index in [-0.39, 0.29) is 5.41 Å². The van der Waals surface area contributed by atoms with Crippen LogP contribution in [0.1, 0.15) is 40.2 Å². The lowest BCUT2D eigenvalue weighted by Crippen LogP contribution is -2.11. The standard InChI is InChI=1S/C13H17N.C2H6/c1-13(2,3)11-6-5-7-12-10(11)8-9-14(12)4;1-2/h5-9H,1-4H3;1-2H3. The highest BCUT2D eigenvalue weighted by Crippen LogP contribution is 2.29. The minimum atomic E-state index is 0.223. The fraction of sp³-hybridized carbons (Fsp3) is 0.467. The summed E-state index contributed by atoms with van der Waals surface area (Å²) in [5.41, 5.74) is 2.97. The Labute approximate surface area is 99.1 Å². The molecule has 1 aromatic heterocycles. The van der Waals surface area contributed by atoms with Crippen molar-refractivity contribution in [3.05, 3.63) is 36.0 Å². The van der Waals surface area contributed by atoms with Crippen molar-refractivity contribution in [2.75, 3.05) is 0 Å². The zero-order valence-electron chi connectivity index (χ0n) is 11.3. The van der Waals surface area contributed by atoms with E-state index in [0.29, 0.717) is 0 Å². The zero-order chi connectivity index (χ0) is 12.3. The summed E-state index contributed by atoms with van der Waals surface area (Å²) < 4.78 is 2.17. The molecule has 0 amide bonds. The van der Waals surface area contributed by atoms with E-state index in [1.165, 1.54) is 16.5 Å². The van der Waals surface area contributed by atoms with Gasteiger partial charge in [-0.3, -0.25) is 0 Å². The average molecular weight is 217 g/mol. The van der Waals surface area contributed by atoms with Gasteiger partial charge in [-0.15, -0.1) is 0 Å². The number of rotatable bonds is 0. The molecule has 0 aliphatic carbocycles. The first-order valence-corrected chi connectivity index (χ1v) is 6.05. The molecule has 0 N–H and O–H groups in total. The number of aryl methyl sites for hydroxylation is 1. The summed E-state index contributed by atoms with van der Waals surface area (Å²) in [5, 5.41) is 1.38. The fourth-order valence-electron chi connectivity index (χ4n) is 1.96. The third kappa shape index (κ3) is 2.29. The van der Waals surface area contributed by atoms with Gasteiger partial charge in [0, 0.05) is 24.1 Å². The van der Waals surface area contributed by atoms with Crippen LogP contribution < -0.4 is 0 Å². The molecular weight excluding hydrogens is 194 g/mol. The van der Waals surface area contributed by atoms with E-state index in [0.717, 1.165) is 0 Å². The molecule has 2 rings (SSSR count). The smallest absolute Gasteiger partial charge is 0.0480 e. The molecule has 0 atom stereocenters. The van der Waals surface area contributed by atoms with E-state index >= 15 is 0 Å². The molecule has 0 fully saturated rings. The van der Waals surface area contributed by atoms with E-state index in [9.17, 15) is 0 Å². The third-order valence-electron chi connectivity index (χ3n) is 2.74. The first kappa shape index (κ1) is 12.8. The van der Waals surface area contributed by atoms with E-state index < -0.39 is 0 Å². The Morgan fingerprint density at radius 1 is 1.00 bits per heavy atom. The van der Waals surface area contributed by atoms with Crippen LogP contribution in [0.25, 0.3) is 10.9 Å². The van der Waals surface area contributed by atoms with Gasteiger partial charge in [0.25, 0.3) is 0 Å². The lowest BCUT2D eigenvalue weighted by Gasteiger charge is -2.20. The van der Waals surface area contributed by atoms with Crippen LogP contribution in [0, 0.1) is 0 Å². The maximum atomic E-state index is 2.26. The molecule has 88 valence electrons. The second-order valence-electron chi connectivity index (χ2n) is 4.92. The van der Waals surface area contributed by atoms with Crippen molar-refractivity contribution in [1.82, 2.24) is 4.57 Å². The molecule has 0 radical (unpaired) electrons. The minimum absolute atomic E-state index is 0.223. The van der Waals surface area contributed by atoms with Gasteiger partial charge in [0.15, 0.2) is 0 Å². The number of nitrogens with zero attached hydrogens (tertiary/aromatic N) is 1. The summed E-state index contributed by atoms with van der Waals surface area (Å²) in [6.45, 7) is 10.8. The summed E-state index contributed by atoms with van der Waals surface area (Å²) in [6, 6.07) is 8.74. The van der Waals surface area contributed by atoms with Gasteiger partial charge in [-0.25, -0.2) is 0 Å². The Morgan fingerprint density at radius 3 is 2.19 bits per heavy atom. The van der Waals surface area contributed by atoms with Crippen LogP contribution in [-0.4, -0.2) is 4.57 Å². The van der Waals surface area contributed by atoms with Crippen molar-refractivity contribution in [2.24, 2.45) is 7.05 Å². The summed E-state index contributed by atoms with van der Waals surface area (Å²) in [5.74, 6) is 0. The Balaban J connectivity index is 0.000000606. The molecule has 0 spiro atoms. The van der Waals surface area contributed by atoms with E-state index in [2.05, 4.69) is 62.8 Å². The van der Waals surface area contributed by atoms with Gasteiger partial charge >= 0.3 is 0 Å². The summed E-state index contributed by atoms with van der Waals surface area (Å²) in [4.78, 5) is 0. The second kappa shape index (κ2) is 4.73. The number of aromatic nitrogens is 1. The molecule has 1 heterocycles. The highest BCUT2D eigenvalue weighted by Gasteiger charge is 2.16. The molecule has 16 heavy (non-hydrogen) atoms. The molecular formula is C15H23N. The number of benzene rings is 1. The van der Waals surface area contributed by atoms with Gasteiger partial charge in [0.1, 0.15) is 0 Å². The molecule has 1 aromatic carbocycles. The Kier molecular flexibility index (Phi) is 3.79. The Bertz CT molecular complexity index is 458. The molecule has 1 heteroatoms. The van der Waals surface area contributed by atoms with Crippen molar-refractivity contribution >= 4 is 10.9 Å². The molecule has 0 saturated heterocycles. The lowest BCUT2D eigenvalue weighted by atomic mass is 9.85. The van der Waals surface area contributed by atoms with Crippen molar-refractivity contribution in [2.45, 2.75) is 40.0 Å². The first-order valence-electron chi connectivity index (χ1n) is 6.05. The van der Waals surface area contributed by atoms with Crippen molar-refractivity contribution in [1.29, 1.82) is 0 Å². The van der Waals surface area contributed by atoms with Crippen molar-refractivity contribution < 1.29 is 0 Å². The third-order valence-corrected chi connectivity index (χ3v) is 2.74. The Morgan fingerprint density at radius 2 is 1.62 bits per heavy atom. The quantitative estimate of drug-likeness (QED) is 0.612. The van der Waals surface area contributed by atoms with Crippen LogP contribution in [0.3, 0.4) is 0 Å². The summed E-state index contributed by atoms with van der Waals surface area (Å²) >= 11 is 0. The van der Waals surface area contributed by atoms with Crippen molar-refractivity contribution in [3.8, 4) is 0 Å². The predicted molar refractivity (Wildman–Crippen MR) is 73.0 cm³/mol. The Hall–Kier alpha value is -1.24. The van der Waals surface area contributed by atoms with Crippen LogP contribution >= 0.6 is 0 Å². The minimum Gasteiger partial charge on any atom is -0.351 e. The number of fused-ring (bicyclic) bond motifs is 1. The normalized spacial score (nSPS) is 11.1. The van der Waals surface area contributed by atoms with Gasteiger partial charge in [0.2, 0.25) is 0 Å². The number of hydrogen-bond acceptors (Lipinski definition) is 0. The predicted octanol–water partition coefficient (Wildman–Crippen LogP) is 4.50. The fourth-order valence-corrected chi connectivity index (χ4v) is 1.96. The maximum absolute atomic E-state index is 2.26. The van der Waals surface area contributed by atoms with Gasteiger partial charge in [0.05, 0.1) is 0 Å². The maximum Gasteiger partial charge on any atom is 0.0480 e. The van der Waals surface area contributed by atoms with Crippen molar-refractivity contribution in [3.63, 3.8) is 0 Å². The number of hydrogen-bond donors (Lipinski definition) is 0. The molecule has 0 bridgehead atoms. The molecule has 0 aliphatic rings. The van der Waals surface area contributed by atoms with E-state index in [1.807, 2.05) is 13.8 Å². The largest absolute Gasteiger partial charge is 0.351 e. The topological polar surface area (TPSA) is 4.93 Å². The second-order valence-corrected chi connectivity index (χ2v) is 4.92. The van der Waals surface area contributed by atoms with E-state index in [4.69, 9.17) is 0 Å². The van der Waals surface area contributed by atoms with Gasteiger partial charge in [-0.1, -0.05) is 46.8 Å². The molecule has 0 aliphatic heterocycles. The highest BCUT2D eigenvalue weighted by atomic mass is 14.9. The monoisotopic (exact) mass is 217 g/mol. The van der Waals surface area contributed by atoms with Gasteiger partial charge in [-0.2, -0.15) is 0 Å². The molecule has 1 nitrogen and oxygen atoms in total. The summed E-state index contributed by atoms with van der Waals surface area (Å²) in [6.07, 6.45) is 2.12. The first-order chi connectivity index (χ1) is 7.50. The van der Waals surface area contributed by atoms with Crippen LogP contribution in [0.15, 0.2) is 30.5 Å². The zero-order valence-corrected chi connectivity index (χ0v) is 11.3. The van der Waals surface area contributed by atoms with Crippen LogP contribution in [0.5, 0.6) is 0 Å². The highest BCUT2D eigenvalue weighted by molar-refractivity contribution is 5.84. The average Bonchev–Trinajstić information content (AvgIpc) is 2.62. The van der Waals surface area contributed by atoms with Gasteiger partial charge in [-0.05, 0) is 23.1 Å². The molecule has 0 saturated carbocycles. The van der Waals surface area contributed by atoms with Gasteiger partial charge < -0.3 is 4.57 Å². The lowest BCUT2D eigenvalue weighted by molar-refractivity contribution is 0.596. The van der Waals surface area contributed by atoms with Crippen LogP contribution in [0.2, 0.25) is 0 Å². The van der Waals surface area contributed by atoms with Crippen LogP contribution in [0.4, 0.5) is 0 Å². The molecule has 2 aromatic rings. The SMILES string of the molecule is CC.Cn1ccc2c(C(C)(C)C)cccc21. The summed E-state index contributed by atoms with van der Waals surface area (Å²) in [7, 11) is 2.09. The molecule has 0 unspecified atom stereocenters.